The van der Waals surface area contributed by atoms with Crippen LogP contribution in [0.4, 0.5) is 4.39 Å². The van der Waals surface area contributed by atoms with Crippen molar-refractivity contribution in [3.8, 4) is 0 Å². The van der Waals surface area contributed by atoms with E-state index in [0.717, 1.165) is 31.3 Å². The van der Waals surface area contributed by atoms with Crippen LogP contribution >= 0.6 is 0 Å². The molecule has 0 aliphatic heterocycles. The second-order valence-corrected chi connectivity index (χ2v) is 8.48. The molecule has 0 bridgehead atoms. The Balaban J connectivity index is 1.74. The predicted octanol–water partition coefficient (Wildman–Crippen LogP) is 4.04. The van der Waals surface area contributed by atoms with Crippen molar-refractivity contribution in [1.82, 2.24) is 0 Å². The van der Waals surface area contributed by atoms with Gasteiger partial charge in [0.1, 0.15) is 12.0 Å². The predicted molar refractivity (Wildman–Crippen MR) is 82.0 cm³/mol. The lowest BCUT2D eigenvalue weighted by atomic mass is 9.47. The highest BCUT2D eigenvalue weighted by Gasteiger charge is 2.60. The molecule has 3 saturated carbocycles. The molecule has 120 valence electrons. The third kappa shape index (κ3) is 1.71. The molecule has 6 atom stereocenters. The van der Waals surface area contributed by atoms with Gasteiger partial charge in [-0.2, -0.15) is 0 Å². The van der Waals surface area contributed by atoms with Crippen LogP contribution in [-0.2, 0) is 9.59 Å². The van der Waals surface area contributed by atoms with E-state index in [2.05, 4.69) is 13.8 Å². The Morgan fingerprint density at radius 1 is 1.05 bits per heavy atom. The van der Waals surface area contributed by atoms with Crippen LogP contribution in [0.5, 0.6) is 0 Å². The maximum atomic E-state index is 14.9. The minimum Gasteiger partial charge on any atom is -0.299 e. The van der Waals surface area contributed by atoms with Gasteiger partial charge in [-0.1, -0.05) is 13.8 Å². The third-order valence-corrected chi connectivity index (χ3v) is 7.65. The summed E-state index contributed by atoms with van der Waals surface area (Å²) in [7, 11) is 0. The molecule has 0 aromatic rings. The number of hydrogen-bond acceptors (Lipinski definition) is 2. The highest BCUT2D eigenvalue weighted by molar-refractivity contribution is 5.92. The molecular weight excluding hydrogens is 279 g/mol. The van der Waals surface area contributed by atoms with E-state index in [9.17, 15) is 14.0 Å². The van der Waals surface area contributed by atoms with Gasteiger partial charge < -0.3 is 0 Å². The van der Waals surface area contributed by atoms with Crippen LogP contribution in [-0.4, -0.2) is 17.7 Å². The molecule has 3 heteroatoms. The lowest BCUT2D eigenvalue weighted by Gasteiger charge is -2.57. The molecule has 0 saturated heterocycles. The molecule has 4 rings (SSSR count). The molecule has 2 nitrogen and oxygen atoms in total. The fourth-order valence-corrected chi connectivity index (χ4v) is 6.33. The number of Topliss-reactive ketones (excluding diaryl/α,β-unsaturated/α-hetero) is 1. The smallest absolute Gasteiger partial charge is 0.155 e. The highest BCUT2D eigenvalue weighted by Crippen LogP contribution is 2.64. The molecule has 0 aromatic heterocycles. The van der Waals surface area contributed by atoms with E-state index in [1.165, 1.54) is 0 Å². The van der Waals surface area contributed by atoms with Gasteiger partial charge in [-0.15, -0.1) is 0 Å². The minimum absolute atomic E-state index is 0.0882. The summed E-state index contributed by atoms with van der Waals surface area (Å²) in [5.41, 5.74) is 0.393. The number of hydrogen-bond donors (Lipinski definition) is 0. The van der Waals surface area contributed by atoms with Crippen LogP contribution < -0.4 is 0 Å². The number of fused-ring (bicyclic) bond motifs is 5. The first-order chi connectivity index (χ1) is 10.4. The van der Waals surface area contributed by atoms with E-state index in [1.807, 2.05) is 0 Å². The Morgan fingerprint density at radius 2 is 1.77 bits per heavy atom. The first kappa shape index (κ1) is 14.6. The van der Waals surface area contributed by atoms with Gasteiger partial charge in [0, 0.05) is 18.3 Å². The second-order valence-electron chi connectivity index (χ2n) is 8.48. The van der Waals surface area contributed by atoms with Crippen molar-refractivity contribution in [1.29, 1.82) is 0 Å². The van der Waals surface area contributed by atoms with Gasteiger partial charge in [-0.05, 0) is 66.9 Å². The van der Waals surface area contributed by atoms with Crippen molar-refractivity contribution < 1.29 is 14.0 Å². The van der Waals surface area contributed by atoms with Gasteiger partial charge in [0.25, 0.3) is 0 Å². The van der Waals surface area contributed by atoms with Gasteiger partial charge in [-0.3, -0.25) is 9.59 Å². The number of ketones is 2. The Hall–Kier alpha value is -0.990. The first-order valence-corrected chi connectivity index (χ1v) is 8.78. The zero-order valence-electron chi connectivity index (χ0n) is 13.5. The molecule has 3 fully saturated rings. The summed E-state index contributed by atoms with van der Waals surface area (Å²) in [5.74, 6) is 1.60. The van der Waals surface area contributed by atoms with E-state index in [-0.39, 0.29) is 16.6 Å². The van der Waals surface area contributed by atoms with Gasteiger partial charge >= 0.3 is 0 Å². The number of carbonyl (C=O) groups is 2. The van der Waals surface area contributed by atoms with Crippen LogP contribution in [0.3, 0.4) is 0 Å². The third-order valence-electron chi connectivity index (χ3n) is 7.65. The molecule has 4 aliphatic rings. The van der Waals surface area contributed by atoms with E-state index in [4.69, 9.17) is 0 Å². The molecule has 0 radical (unpaired) electrons. The molecule has 0 spiro atoms. The summed E-state index contributed by atoms with van der Waals surface area (Å²) in [6.45, 7) is 4.29. The second kappa shape index (κ2) is 4.52. The number of allylic oxidation sites excluding steroid dienone is 1. The monoisotopic (exact) mass is 304 g/mol. The van der Waals surface area contributed by atoms with E-state index >= 15 is 0 Å². The summed E-state index contributed by atoms with van der Waals surface area (Å²) in [4.78, 5) is 24.1. The average Bonchev–Trinajstić information content (AvgIpc) is 2.77. The van der Waals surface area contributed by atoms with Gasteiger partial charge in [0.2, 0.25) is 0 Å². The largest absolute Gasteiger partial charge is 0.299 e. The lowest BCUT2D eigenvalue weighted by Crippen LogP contribution is -2.53. The molecule has 0 unspecified atom stereocenters. The standard InChI is InChI=1S/C19H25FO2/c1-18-7-5-11(21)9-15(18)16(20)10-12-13-3-4-17(22)19(13,2)8-6-14(12)18/h9,12-14,16H,3-8,10H2,1-2H3/t12-,13-,14-,16+,18+,19-/m0/s1. The van der Waals surface area contributed by atoms with Crippen molar-refractivity contribution in [2.75, 3.05) is 0 Å². The van der Waals surface area contributed by atoms with Crippen LogP contribution in [0.2, 0.25) is 0 Å². The van der Waals surface area contributed by atoms with E-state index in [1.54, 1.807) is 6.08 Å². The van der Waals surface area contributed by atoms with Crippen molar-refractivity contribution in [3.63, 3.8) is 0 Å². The van der Waals surface area contributed by atoms with Crippen LogP contribution in [0.25, 0.3) is 0 Å². The van der Waals surface area contributed by atoms with Crippen LogP contribution in [0.15, 0.2) is 11.6 Å². The number of carbonyl (C=O) groups excluding carboxylic acids is 2. The molecule has 0 amide bonds. The van der Waals surface area contributed by atoms with Gasteiger partial charge in [-0.25, -0.2) is 4.39 Å². The molecule has 0 heterocycles. The van der Waals surface area contributed by atoms with Crippen molar-refractivity contribution in [2.45, 2.75) is 65.0 Å². The van der Waals surface area contributed by atoms with Crippen molar-refractivity contribution >= 4 is 11.6 Å². The zero-order valence-corrected chi connectivity index (χ0v) is 13.5. The molecule has 0 aromatic carbocycles. The maximum absolute atomic E-state index is 14.9. The highest BCUT2D eigenvalue weighted by atomic mass is 19.1. The topological polar surface area (TPSA) is 34.1 Å². The summed E-state index contributed by atoms with van der Waals surface area (Å²) in [6, 6.07) is 0. The number of rotatable bonds is 0. The SMILES string of the molecule is C[C@]12CCC(=O)C=C1[C@H](F)C[C@@H]1[C@@H]2CC[C@]2(C)C(=O)CC[C@@H]12. The minimum atomic E-state index is -0.992. The quantitative estimate of drug-likeness (QED) is 0.677. The Kier molecular flexibility index (Phi) is 3.00. The number of halogens is 1. The maximum Gasteiger partial charge on any atom is 0.155 e. The van der Waals surface area contributed by atoms with Crippen LogP contribution in [0, 0.1) is 28.6 Å². The summed E-state index contributed by atoms with van der Waals surface area (Å²) >= 11 is 0. The Labute approximate surface area is 131 Å². The van der Waals surface area contributed by atoms with Crippen LogP contribution in [0.1, 0.15) is 58.8 Å². The normalized spacial score (nSPS) is 51.0. The summed E-state index contributed by atoms with van der Waals surface area (Å²) < 4.78 is 14.9. The summed E-state index contributed by atoms with van der Waals surface area (Å²) in [5, 5.41) is 0. The van der Waals surface area contributed by atoms with E-state index < -0.39 is 6.17 Å². The van der Waals surface area contributed by atoms with Gasteiger partial charge in [0.05, 0.1) is 0 Å². The summed E-state index contributed by atoms with van der Waals surface area (Å²) in [6.07, 6.45) is 6.06. The zero-order chi connectivity index (χ0) is 15.7. The molecule has 4 aliphatic carbocycles. The number of alkyl halides is 1. The molecular formula is C19H25FO2. The fourth-order valence-electron chi connectivity index (χ4n) is 6.33. The Morgan fingerprint density at radius 3 is 2.55 bits per heavy atom. The molecule has 0 N–H and O–H groups in total. The average molecular weight is 304 g/mol. The first-order valence-electron chi connectivity index (χ1n) is 8.78. The lowest BCUT2D eigenvalue weighted by molar-refractivity contribution is -0.133. The Bertz CT molecular complexity index is 580. The molecule has 22 heavy (non-hydrogen) atoms. The van der Waals surface area contributed by atoms with Crippen molar-refractivity contribution in [3.05, 3.63) is 11.6 Å². The van der Waals surface area contributed by atoms with Gasteiger partial charge in [0.15, 0.2) is 5.78 Å². The van der Waals surface area contributed by atoms with Crippen molar-refractivity contribution in [2.24, 2.45) is 28.6 Å². The van der Waals surface area contributed by atoms with E-state index in [0.29, 0.717) is 42.8 Å². The fraction of sp³-hybridized carbons (Fsp3) is 0.789.